The van der Waals surface area contributed by atoms with Crippen LogP contribution in [-0.2, 0) is 4.74 Å². The summed E-state index contributed by atoms with van der Waals surface area (Å²) in [6.07, 6.45) is -2.52. The Hall–Kier alpha value is -0.710. The van der Waals surface area contributed by atoms with Crippen LogP contribution in [0.1, 0.15) is 6.23 Å². The van der Waals surface area contributed by atoms with Gasteiger partial charge in [-0.1, -0.05) is 22.6 Å². The van der Waals surface area contributed by atoms with Gasteiger partial charge in [0.1, 0.15) is 12.2 Å². The maximum Gasteiger partial charge on any atom is 0.330 e. The number of aliphatic hydroxyl groups excluding tert-OH is 2. The van der Waals surface area contributed by atoms with Crippen LogP contribution in [0.5, 0.6) is 0 Å². The first-order chi connectivity index (χ1) is 8.04. The third-order valence-corrected chi connectivity index (χ3v) is 3.48. The molecule has 8 heteroatoms. The van der Waals surface area contributed by atoms with E-state index in [-0.39, 0.29) is 0 Å². The lowest BCUT2D eigenvalue weighted by Crippen LogP contribution is -2.37. The van der Waals surface area contributed by atoms with Gasteiger partial charge in [0.05, 0.1) is 6.10 Å². The van der Waals surface area contributed by atoms with Gasteiger partial charge in [-0.25, -0.2) is 4.79 Å². The molecule has 17 heavy (non-hydrogen) atoms. The number of alkyl halides is 1. The number of hydrogen-bond acceptors (Lipinski definition) is 5. The van der Waals surface area contributed by atoms with E-state index in [1.165, 1.54) is 6.20 Å². The lowest BCUT2D eigenvalue weighted by Gasteiger charge is -2.16. The molecule has 2 heterocycles. The van der Waals surface area contributed by atoms with Gasteiger partial charge in [0.15, 0.2) is 6.23 Å². The number of aromatic amines is 1. The van der Waals surface area contributed by atoms with Crippen molar-refractivity contribution in [3.63, 3.8) is 0 Å². The molecule has 0 unspecified atom stereocenters. The summed E-state index contributed by atoms with van der Waals surface area (Å²) in [7, 11) is 0. The van der Waals surface area contributed by atoms with Crippen molar-refractivity contribution in [1.82, 2.24) is 9.55 Å². The summed E-state index contributed by atoms with van der Waals surface area (Å²) < 4.78 is 6.92. The van der Waals surface area contributed by atoms with Crippen LogP contribution in [0.25, 0.3) is 0 Å². The highest BCUT2D eigenvalue weighted by Gasteiger charge is 2.43. The second kappa shape index (κ2) is 4.88. The van der Waals surface area contributed by atoms with Gasteiger partial charge in [-0.2, -0.15) is 0 Å². The first kappa shape index (κ1) is 12.7. The van der Waals surface area contributed by atoms with Crippen LogP contribution in [-0.4, -0.2) is 42.5 Å². The molecule has 94 valence electrons. The molecule has 2 rings (SSSR count). The van der Waals surface area contributed by atoms with E-state index < -0.39 is 35.8 Å². The number of ether oxygens (including phenoxy) is 1. The van der Waals surface area contributed by atoms with Gasteiger partial charge in [-0.05, 0) is 0 Å². The van der Waals surface area contributed by atoms with Gasteiger partial charge in [-0.15, -0.1) is 0 Å². The van der Waals surface area contributed by atoms with Crippen LogP contribution in [0.15, 0.2) is 21.9 Å². The van der Waals surface area contributed by atoms with Crippen LogP contribution < -0.4 is 11.2 Å². The Morgan fingerprint density at radius 2 is 2.12 bits per heavy atom. The standard InChI is InChI=1S/C9H11IN2O5/c10-3-4-6(14)7(15)8(17-4)12-2-1-5(13)11-9(12)16/h1-2,4,6-8,14-15H,3H2,(H,11,13,16)/t4-,6-,7-,8-/m1/s1. The van der Waals surface area contributed by atoms with Crippen molar-refractivity contribution in [3.05, 3.63) is 33.1 Å². The Morgan fingerprint density at radius 3 is 2.65 bits per heavy atom. The number of nitrogens with zero attached hydrogens (tertiary/aromatic N) is 1. The van der Waals surface area contributed by atoms with Crippen molar-refractivity contribution in [2.75, 3.05) is 4.43 Å². The summed E-state index contributed by atoms with van der Waals surface area (Å²) in [5.74, 6) is 0. The quantitative estimate of drug-likeness (QED) is 0.447. The fourth-order valence-electron chi connectivity index (χ4n) is 1.71. The van der Waals surface area contributed by atoms with E-state index in [4.69, 9.17) is 4.74 Å². The van der Waals surface area contributed by atoms with Crippen molar-refractivity contribution in [1.29, 1.82) is 0 Å². The molecule has 1 aliphatic heterocycles. The van der Waals surface area contributed by atoms with Crippen LogP contribution >= 0.6 is 22.6 Å². The molecule has 3 N–H and O–H groups in total. The highest BCUT2D eigenvalue weighted by atomic mass is 127. The molecule has 7 nitrogen and oxygen atoms in total. The number of aromatic nitrogens is 2. The lowest BCUT2D eigenvalue weighted by atomic mass is 10.1. The van der Waals surface area contributed by atoms with Gasteiger partial charge < -0.3 is 14.9 Å². The average Bonchev–Trinajstić information content (AvgIpc) is 2.57. The molecule has 0 saturated carbocycles. The van der Waals surface area contributed by atoms with Gasteiger partial charge in [0.25, 0.3) is 5.56 Å². The Labute approximate surface area is 109 Å². The van der Waals surface area contributed by atoms with Crippen molar-refractivity contribution in [2.24, 2.45) is 0 Å². The maximum absolute atomic E-state index is 11.5. The minimum Gasteiger partial charge on any atom is -0.387 e. The van der Waals surface area contributed by atoms with Gasteiger partial charge in [-0.3, -0.25) is 14.3 Å². The number of nitrogens with one attached hydrogen (secondary N) is 1. The molecule has 0 aliphatic carbocycles. The van der Waals surface area contributed by atoms with E-state index in [9.17, 15) is 19.8 Å². The summed E-state index contributed by atoms with van der Waals surface area (Å²) in [5, 5.41) is 19.4. The highest BCUT2D eigenvalue weighted by Crippen LogP contribution is 2.28. The molecule has 0 radical (unpaired) electrons. The average molecular weight is 354 g/mol. The Kier molecular flexibility index (Phi) is 3.66. The van der Waals surface area contributed by atoms with E-state index in [2.05, 4.69) is 4.98 Å². The van der Waals surface area contributed by atoms with E-state index >= 15 is 0 Å². The normalized spacial score (nSPS) is 32.9. The smallest absolute Gasteiger partial charge is 0.330 e. The van der Waals surface area contributed by atoms with E-state index in [0.717, 1.165) is 10.6 Å². The zero-order chi connectivity index (χ0) is 12.6. The molecule has 1 aromatic heterocycles. The summed E-state index contributed by atoms with van der Waals surface area (Å²) in [5.41, 5.74) is -1.20. The maximum atomic E-state index is 11.5. The predicted octanol–water partition coefficient (Wildman–Crippen LogP) is -1.41. The first-order valence-corrected chi connectivity index (χ1v) is 6.46. The highest BCUT2D eigenvalue weighted by molar-refractivity contribution is 14.1. The Bertz CT molecular complexity index is 513. The van der Waals surface area contributed by atoms with Gasteiger partial charge in [0, 0.05) is 16.7 Å². The molecule has 1 saturated heterocycles. The molecule has 4 atom stereocenters. The van der Waals surface area contributed by atoms with Crippen LogP contribution in [0.2, 0.25) is 0 Å². The number of aliphatic hydroxyl groups is 2. The Balaban J connectivity index is 2.35. The minimum absolute atomic E-state index is 0.491. The van der Waals surface area contributed by atoms with Crippen LogP contribution in [0.3, 0.4) is 0 Å². The number of hydrogen-bond donors (Lipinski definition) is 3. The van der Waals surface area contributed by atoms with Crippen molar-refractivity contribution >= 4 is 22.6 Å². The van der Waals surface area contributed by atoms with Gasteiger partial charge in [0.2, 0.25) is 0 Å². The minimum atomic E-state index is -1.20. The molecule has 1 aromatic rings. The molecule has 0 bridgehead atoms. The SMILES string of the molecule is O=c1ccn([C@@H]2O[C@H](CI)[C@@H](O)[C@H]2O)c(=O)[nH]1. The second-order valence-electron chi connectivity index (χ2n) is 3.72. The molecule has 0 amide bonds. The molecule has 1 aliphatic rings. The van der Waals surface area contributed by atoms with Crippen LogP contribution in [0, 0.1) is 0 Å². The third-order valence-electron chi connectivity index (χ3n) is 2.61. The first-order valence-electron chi connectivity index (χ1n) is 4.93. The van der Waals surface area contributed by atoms with E-state index in [1.54, 1.807) is 0 Å². The molecular weight excluding hydrogens is 343 g/mol. The monoisotopic (exact) mass is 354 g/mol. The molecular formula is C9H11IN2O5. The summed E-state index contributed by atoms with van der Waals surface area (Å²) in [6.45, 7) is 0. The van der Waals surface area contributed by atoms with E-state index in [0.29, 0.717) is 4.43 Å². The fraction of sp³-hybridized carbons (Fsp3) is 0.556. The molecule has 0 spiro atoms. The summed E-state index contributed by atoms with van der Waals surface area (Å²) in [4.78, 5) is 24.5. The number of H-pyrrole nitrogens is 1. The van der Waals surface area contributed by atoms with Crippen molar-refractivity contribution in [3.8, 4) is 0 Å². The molecule has 0 aromatic carbocycles. The zero-order valence-electron chi connectivity index (χ0n) is 8.62. The predicted molar refractivity (Wildman–Crippen MR) is 66.1 cm³/mol. The Morgan fingerprint density at radius 1 is 1.41 bits per heavy atom. The second-order valence-corrected chi connectivity index (χ2v) is 4.60. The van der Waals surface area contributed by atoms with Crippen molar-refractivity contribution in [2.45, 2.75) is 24.5 Å². The van der Waals surface area contributed by atoms with Crippen molar-refractivity contribution < 1.29 is 14.9 Å². The topological polar surface area (TPSA) is 105 Å². The zero-order valence-corrected chi connectivity index (χ0v) is 10.8. The van der Waals surface area contributed by atoms with E-state index in [1.807, 2.05) is 22.6 Å². The fourth-order valence-corrected chi connectivity index (χ4v) is 2.44. The lowest BCUT2D eigenvalue weighted by molar-refractivity contribution is -0.0335. The number of rotatable bonds is 2. The largest absolute Gasteiger partial charge is 0.387 e. The third kappa shape index (κ3) is 2.30. The van der Waals surface area contributed by atoms with Crippen LogP contribution in [0.4, 0.5) is 0 Å². The summed E-state index contributed by atoms with van der Waals surface area (Å²) in [6, 6.07) is 1.15. The summed E-state index contributed by atoms with van der Waals surface area (Å²) >= 11 is 2.02. The number of halogens is 1. The van der Waals surface area contributed by atoms with Gasteiger partial charge >= 0.3 is 5.69 Å². The molecule has 1 fully saturated rings.